The number of imidazole rings is 1. The average Bonchev–Trinajstić information content (AvgIpc) is 3.53. The number of anilines is 2. The summed E-state index contributed by atoms with van der Waals surface area (Å²) in [5.41, 5.74) is 7.75. The van der Waals surface area contributed by atoms with Crippen molar-refractivity contribution >= 4 is 39.7 Å². The molecule has 2 heterocycles. The van der Waals surface area contributed by atoms with Crippen molar-refractivity contribution in [3.63, 3.8) is 0 Å². The third-order valence-electron chi connectivity index (χ3n) is 6.15. The van der Waals surface area contributed by atoms with Crippen molar-refractivity contribution in [3.8, 4) is 5.69 Å². The van der Waals surface area contributed by atoms with Gasteiger partial charge in [-0.15, -0.1) is 0 Å². The molecule has 1 aromatic carbocycles. The van der Waals surface area contributed by atoms with Gasteiger partial charge in [0.1, 0.15) is 0 Å². The van der Waals surface area contributed by atoms with Crippen LogP contribution < -0.4 is 22.2 Å². The maximum absolute atomic E-state index is 13.7. The van der Waals surface area contributed by atoms with E-state index in [9.17, 15) is 22.8 Å². The monoisotopic (exact) mass is 598 g/mol. The standard InChI is InChI=1S/C28H29F3N8O2S/c1-4-25(40)37-27-34-12-24(42-27)22(32)14-39(33)23-8-18(7-5-6-16(23)2)26(41)36-20-9-19(28(29,30)31)10-21(11-20)38-13-17(3)35-15-38/h6-15H,4-5,32-33H2,1-3H3,(H,36,41)(H,34,37,40)/b22-14-. The summed E-state index contributed by atoms with van der Waals surface area (Å²) < 4.78 is 42.5. The van der Waals surface area contributed by atoms with Crippen LogP contribution in [0.15, 0.2) is 78.2 Å². The van der Waals surface area contributed by atoms with Gasteiger partial charge >= 0.3 is 6.18 Å². The highest BCUT2D eigenvalue weighted by Gasteiger charge is 2.31. The Labute approximate surface area is 243 Å². The second-order valence-corrected chi connectivity index (χ2v) is 10.4. The average molecular weight is 599 g/mol. The number of aryl methyl sites for hydroxylation is 1. The quantitative estimate of drug-likeness (QED) is 0.205. The number of benzene rings is 1. The van der Waals surface area contributed by atoms with Crippen molar-refractivity contribution in [2.24, 2.45) is 11.6 Å². The Hall–Kier alpha value is -4.69. The molecule has 0 aliphatic heterocycles. The highest BCUT2D eigenvalue weighted by Crippen LogP contribution is 2.33. The first-order valence-corrected chi connectivity index (χ1v) is 13.6. The first-order chi connectivity index (χ1) is 19.8. The van der Waals surface area contributed by atoms with Gasteiger partial charge in [0, 0.05) is 42.0 Å². The molecular weight excluding hydrogens is 569 g/mol. The summed E-state index contributed by atoms with van der Waals surface area (Å²) in [6, 6.07) is 3.30. The number of allylic oxidation sites excluding steroid dienone is 3. The Balaban J connectivity index is 1.58. The number of hydrogen-bond acceptors (Lipinski definition) is 8. The Kier molecular flexibility index (Phi) is 8.97. The van der Waals surface area contributed by atoms with Gasteiger partial charge in [-0.1, -0.05) is 30.4 Å². The maximum atomic E-state index is 13.7. The van der Waals surface area contributed by atoms with Crippen molar-refractivity contribution in [1.29, 1.82) is 0 Å². The molecule has 0 fully saturated rings. The van der Waals surface area contributed by atoms with Crippen LogP contribution in [-0.2, 0) is 15.8 Å². The molecule has 10 nitrogen and oxygen atoms in total. The minimum Gasteiger partial charge on any atom is -0.396 e. The van der Waals surface area contributed by atoms with Gasteiger partial charge < -0.3 is 20.9 Å². The van der Waals surface area contributed by atoms with Gasteiger partial charge in [-0.05, 0) is 50.1 Å². The number of carbonyl (C=O) groups excluding carboxylic acids is 2. The number of aromatic nitrogens is 3. The van der Waals surface area contributed by atoms with E-state index in [-0.39, 0.29) is 28.6 Å². The van der Waals surface area contributed by atoms with Crippen LogP contribution in [0.25, 0.3) is 11.4 Å². The molecule has 0 saturated carbocycles. The Morgan fingerprint density at radius 2 is 1.93 bits per heavy atom. The molecule has 0 spiro atoms. The number of hydrazine groups is 1. The Bertz CT molecular complexity index is 1630. The van der Waals surface area contributed by atoms with E-state index in [1.807, 2.05) is 13.0 Å². The first-order valence-electron chi connectivity index (χ1n) is 12.7. The summed E-state index contributed by atoms with van der Waals surface area (Å²) in [5, 5.41) is 6.89. The molecule has 0 atom stereocenters. The number of alkyl halides is 3. The third kappa shape index (κ3) is 7.33. The van der Waals surface area contributed by atoms with Crippen LogP contribution in [0.3, 0.4) is 0 Å². The highest BCUT2D eigenvalue weighted by molar-refractivity contribution is 7.16. The zero-order valence-corrected chi connectivity index (χ0v) is 23.8. The van der Waals surface area contributed by atoms with Crippen molar-refractivity contribution in [2.75, 3.05) is 10.6 Å². The summed E-state index contributed by atoms with van der Waals surface area (Å²) >= 11 is 1.17. The largest absolute Gasteiger partial charge is 0.416 e. The lowest BCUT2D eigenvalue weighted by Crippen LogP contribution is -2.27. The molecule has 220 valence electrons. The molecule has 42 heavy (non-hydrogen) atoms. The van der Waals surface area contributed by atoms with E-state index in [1.165, 1.54) is 51.8 Å². The lowest BCUT2D eigenvalue weighted by atomic mass is 10.1. The van der Waals surface area contributed by atoms with Crippen molar-refractivity contribution in [2.45, 2.75) is 39.8 Å². The van der Waals surface area contributed by atoms with Gasteiger partial charge in [0.2, 0.25) is 5.91 Å². The van der Waals surface area contributed by atoms with E-state index in [0.29, 0.717) is 34.2 Å². The zero-order valence-electron chi connectivity index (χ0n) is 23.0. The second-order valence-electron chi connectivity index (χ2n) is 9.38. The fraction of sp³-hybridized carbons (Fsp3) is 0.214. The Morgan fingerprint density at radius 3 is 2.60 bits per heavy atom. The number of hydrogen-bond donors (Lipinski definition) is 4. The lowest BCUT2D eigenvalue weighted by Gasteiger charge is -2.19. The third-order valence-corrected chi connectivity index (χ3v) is 7.11. The number of nitrogens with two attached hydrogens (primary N) is 2. The molecule has 2 amide bonds. The predicted molar refractivity (Wildman–Crippen MR) is 156 cm³/mol. The molecule has 0 bridgehead atoms. The van der Waals surface area contributed by atoms with Crippen LogP contribution in [0.1, 0.15) is 42.8 Å². The van der Waals surface area contributed by atoms with Gasteiger partial charge in [-0.2, -0.15) is 13.2 Å². The molecule has 1 aliphatic rings. The van der Waals surface area contributed by atoms with E-state index < -0.39 is 17.6 Å². The molecule has 6 N–H and O–H groups in total. The number of carbonyl (C=O) groups is 2. The van der Waals surface area contributed by atoms with Gasteiger partial charge in [0.15, 0.2) is 5.13 Å². The molecular formula is C28H29F3N8O2S. The summed E-state index contributed by atoms with van der Waals surface area (Å²) in [7, 11) is 0. The van der Waals surface area contributed by atoms with E-state index in [1.54, 1.807) is 26.1 Å². The molecule has 14 heteroatoms. The number of nitrogens with zero attached hydrogens (tertiary/aromatic N) is 4. The highest BCUT2D eigenvalue weighted by atomic mass is 32.1. The van der Waals surface area contributed by atoms with Crippen LogP contribution in [0.5, 0.6) is 0 Å². The number of nitrogens with one attached hydrogen (secondary N) is 2. The van der Waals surface area contributed by atoms with Gasteiger partial charge in [0.25, 0.3) is 5.91 Å². The number of rotatable bonds is 8. The minimum atomic E-state index is -4.63. The van der Waals surface area contributed by atoms with Crippen LogP contribution >= 0.6 is 11.3 Å². The lowest BCUT2D eigenvalue weighted by molar-refractivity contribution is -0.137. The number of thiazole rings is 1. The van der Waals surface area contributed by atoms with Gasteiger partial charge in [-0.3, -0.25) is 14.6 Å². The van der Waals surface area contributed by atoms with E-state index in [2.05, 4.69) is 20.6 Å². The molecule has 1 aliphatic carbocycles. The molecule has 0 saturated heterocycles. The minimum absolute atomic E-state index is 0.0362. The van der Waals surface area contributed by atoms with Crippen molar-refractivity contribution in [3.05, 3.63) is 94.3 Å². The number of amides is 2. The second kappa shape index (κ2) is 12.4. The molecule has 0 unspecified atom stereocenters. The van der Waals surface area contributed by atoms with Crippen LogP contribution in [0, 0.1) is 6.92 Å². The molecule has 0 radical (unpaired) electrons. The Morgan fingerprint density at radius 1 is 1.17 bits per heavy atom. The van der Waals surface area contributed by atoms with Gasteiger partial charge in [-0.25, -0.2) is 15.8 Å². The predicted octanol–water partition coefficient (Wildman–Crippen LogP) is 5.24. The molecule has 4 rings (SSSR count). The van der Waals surface area contributed by atoms with Crippen molar-refractivity contribution in [1.82, 2.24) is 19.5 Å². The summed E-state index contributed by atoms with van der Waals surface area (Å²) in [6.45, 7) is 5.25. The molecule has 3 aromatic rings. The molecule has 2 aromatic heterocycles. The number of halogens is 3. The fourth-order valence-electron chi connectivity index (χ4n) is 3.94. The normalized spacial score (nSPS) is 14.0. The first kappa shape index (κ1) is 30.3. The van der Waals surface area contributed by atoms with Crippen LogP contribution in [0.4, 0.5) is 24.0 Å². The SMILES string of the molecule is CCC(=O)Nc1ncc(/C(N)=C/N(N)C2=CC(C(=O)Nc3cc(-n4cnc(C)c4)cc(C(F)(F)F)c3)=CCC=C2C)s1. The fourth-order valence-corrected chi connectivity index (χ4v) is 4.70. The van der Waals surface area contributed by atoms with Crippen molar-refractivity contribution < 1.29 is 22.8 Å². The van der Waals surface area contributed by atoms with E-state index >= 15 is 0 Å². The van der Waals surface area contributed by atoms with E-state index in [0.717, 1.165) is 17.7 Å². The summed E-state index contributed by atoms with van der Waals surface area (Å²) in [5.74, 6) is 5.51. The zero-order chi connectivity index (χ0) is 30.6. The maximum Gasteiger partial charge on any atom is 0.416 e. The topological polar surface area (TPSA) is 144 Å². The van der Waals surface area contributed by atoms with Crippen LogP contribution in [-0.4, -0.2) is 31.4 Å². The van der Waals surface area contributed by atoms with E-state index in [4.69, 9.17) is 11.6 Å². The van der Waals surface area contributed by atoms with Crippen LogP contribution in [0.2, 0.25) is 0 Å². The smallest absolute Gasteiger partial charge is 0.396 e. The summed E-state index contributed by atoms with van der Waals surface area (Å²) in [6.07, 6.45) is 7.04. The summed E-state index contributed by atoms with van der Waals surface area (Å²) in [4.78, 5) is 33.7. The van der Waals surface area contributed by atoms with Gasteiger partial charge in [0.05, 0.1) is 33.9 Å².